The van der Waals surface area contributed by atoms with E-state index in [1.54, 1.807) is 13.0 Å². The van der Waals surface area contributed by atoms with Crippen LogP contribution in [-0.2, 0) is 16.0 Å². The summed E-state index contributed by atoms with van der Waals surface area (Å²) in [7, 11) is 0. The predicted molar refractivity (Wildman–Crippen MR) is 58.0 cm³/mol. The van der Waals surface area contributed by atoms with Crippen molar-refractivity contribution < 1.29 is 18.9 Å². The third-order valence-electron chi connectivity index (χ3n) is 2.07. The number of benzene rings is 1. The number of hydrogen-bond donors (Lipinski definition) is 0. The summed E-state index contributed by atoms with van der Waals surface area (Å²) in [5.41, 5.74) is 1.06. The van der Waals surface area contributed by atoms with E-state index in [0.29, 0.717) is 6.42 Å². The van der Waals surface area contributed by atoms with Crippen molar-refractivity contribution in [1.29, 1.82) is 0 Å². The van der Waals surface area contributed by atoms with E-state index in [2.05, 4.69) is 0 Å². The van der Waals surface area contributed by atoms with E-state index in [1.165, 1.54) is 0 Å². The second-order valence-corrected chi connectivity index (χ2v) is 3.18. The molecule has 4 heteroatoms. The molecule has 1 amide bonds. The van der Waals surface area contributed by atoms with Crippen molar-refractivity contribution >= 4 is 12.2 Å². The molecule has 0 atom stereocenters. The lowest BCUT2D eigenvalue weighted by atomic mass is 10.1. The van der Waals surface area contributed by atoms with Gasteiger partial charge in [0.1, 0.15) is 0 Å². The molecule has 84 valence electrons. The zero-order valence-electron chi connectivity index (χ0n) is 9.18. The Labute approximate surface area is 94.2 Å². The second kappa shape index (κ2) is 6.53. The molecule has 0 saturated heterocycles. The molecule has 4 nitrogen and oxygen atoms in total. The molecule has 0 spiro atoms. The summed E-state index contributed by atoms with van der Waals surface area (Å²) in [6.45, 7) is 2.23. The number of ether oxygens (including phenoxy) is 1. The summed E-state index contributed by atoms with van der Waals surface area (Å²) in [4.78, 5) is 21.8. The molecule has 0 saturated carbocycles. The third kappa shape index (κ3) is 3.67. The van der Waals surface area contributed by atoms with Crippen LogP contribution in [0.2, 0.25) is 0 Å². The maximum absolute atomic E-state index is 11.2. The van der Waals surface area contributed by atoms with Crippen LogP contribution in [0.5, 0.6) is 0 Å². The first-order valence-electron chi connectivity index (χ1n) is 5.14. The topological polar surface area (TPSA) is 46.4 Å². The van der Waals surface area contributed by atoms with E-state index in [9.17, 15) is 9.59 Å². The Bertz CT molecular complexity index is 394. The van der Waals surface area contributed by atoms with Crippen LogP contribution >= 0.6 is 0 Å². The normalized spacial score (nSPS) is 9.31. The highest BCUT2D eigenvalue weighted by Crippen LogP contribution is 1.99. The van der Waals surface area contributed by atoms with Gasteiger partial charge in [0.15, 0.2) is 6.54 Å². The van der Waals surface area contributed by atoms with Crippen molar-refractivity contribution in [2.45, 2.75) is 13.3 Å². The van der Waals surface area contributed by atoms with Gasteiger partial charge in [0.05, 0.1) is 6.61 Å². The number of carbonyl (C=O) groups excluding carboxylic acids is 2. The number of carbonyl (C=O) groups is 1. The number of hydrogen-bond acceptors (Lipinski definition) is 3. The first-order valence-corrected chi connectivity index (χ1v) is 5.14. The van der Waals surface area contributed by atoms with E-state index in [0.717, 1.165) is 10.1 Å². The zero-order chi connectivity index (χ0) is 11.8. The van der Waals surface area contributed by atoms with Crippen molar-refractivity contribution in [3.8, 4) is 0 Å². The first kappa shape index (κ1) is 12.1. The average molecular weight is 220 g/mol. The van der Waals surface area contributed by atoms with Crippen molar-refractivity contribution in [3.05, 3.63) is 35.9 Å². The van der Waals surface area contributed by atoms with Gasteiger partial charge in [0, 0.05) is 6.42 Å². The smallest absolute Gasteiger partial charge is 0.411 e. The molecule has 1 rings (SSSR count). The summed E-state index contributed by atoms with van der Waals surface area (Å²) in [5.74, 6) is 0. The van der Waals surface area contributed by atoms with Crippen molar-refractivity contribution in [1.82, 2.24) is 0 Å². The van der Waals surface area contributed by atoms with E-state index in [-0.39, 0.29) is 13.2 Å². The van der Waals surface area contributed by atoms with E-state index < -0.39 is 6.09 Å². The minimum atomic E-state index is -0.645. The molecule has 16 heavy (non-hydrogen) atoms. The number of rotatable bonds is 4. The highest BCUT2D eigenvalue weighted by atomic mass is 16.5. The molecule has 0 heterocycles. The number of isocyanates is 1. The predicted octanol–water partition coefficient (Wildman–Crippen LogP) is 1.73. The van der Waals surface area contributed by atoms with Gasteiger partial charge >= 0.3 is 12.2 Å². The van der Waals surface area contributed by atoms with Gasteiger partial charge in [-0.15, -0.1) is 0 Å². The van der Waals surface area contributed by atoms with E-state index in [1.807, 2.05) is 30.3 Å². The lowest BCUT2D eigenvalue weighted by Gasteiger charge is -1.98. The van der Waals surface area contributed by atoms with Crippen molar-refractivity contribution in [2.75, 3.05) is 13.2 Å². The summed E-state index contributed by atoms with van der Waals surface area (Å²) in [6, 6.07) is 9.62. The Morgan fingerprint density at radius 2 is 2.06 bits per heavy atom. The van der Waals surface area contributed by atoms with Gasteiger partial charge in [0.25, 0.3) is 0 Å². The van der Waals surface area contributed by atoms with Gasteiger partial charge in [-0.3, -0.25) is 0 Å². The monoisotopic (exact) mass is 220 g/mol. The second-order valence-electron chi connectivity index (χ2n) is 3.18. The molecule has 0 aliphatic rings. The molecule has 0 aliphatic heterocycles. The molecule has 0 aromatic heterocycles. The Hall–Kier alpha value is -1.93. The van der Waals surface area contributed by atoms with Crippen molar-refractivity contribution in [3.63, 3.8) is 0 Å². The maximum atomic E-state index is 11.2. The van der Waals surface area contributed by atoms with Crippen LogP contribution in [0.3, 0.4) is 0 Å². The van der Waals surface area contributed by atoms with Crippen LogP contribution in [0.25, 0.3) is 0 Å². The lowest BCUT2D eigenvalue weighted by Crippen LogP contribution is -2.23. The molecule has 1 aromatic rings. The maximum Gasteiger partial charge on any atom is 0.608 e. The van der Waals surface area contributed by atoms with Gasteiger partial charge in [-0.25, -0.2) is 0 Å². The lowest BCUT2D eigenvalue weighted by molar-refractivity contribution is -0.443. The fourth-order valence-corrected chi connectivity index (χ4v) is 1.26. The summed E-state index contributed by atoms with van der Waals surface area (Å²) >= 11 is 0. The van der Waals surface area contributed by atoms with Gasteiger partial charge < -0.3 is 4.74 Å². The Kier molecular flexibility index (Phi) is 4.96. The molecule has 0 N–H and O–H groups in total. The number of nitrogens with zero attached hydrogens (tertiary/aromatic N) is 1. The molecule has 1 aromatic carbocycles. The molecule has 0 bridgehead atoms. The molecule has 0 aliphatic carbocycles. The fourth-order valence-electron chi connectivity index (χ4n) is 1.26. The molecular weight excluding hydrogens is 206 g/mol. The standard InChI is InChI=1S/C12H14NO3/c1-2-16-12(15)13(10-14)9-8-11-6-4-3-5-7-11/h3-7H,2,8-9H2,1H3/q+1. The Morgan fingerprint density at radius 1 is 1.38 bits per heavy atom. The summed E-state index contributed by atoms with van der Waals surface area (Å²) in [6.07, 6.45) is 1.53. The molecular formula is C12H14NO3+. The van der Waals surface area contributed by atoms with Crippen LogP contribution < -0.4 is 0 Å². The minimum Gasteiger partial charge on any atom is -0.411 e. The molecule has 0 radical (unpaired) electrons. The Morgan fingerprint density at radius 3 is 2.62 bits per heavy atom. The summed E-state index contributed by atoms with van der Waals surface area (Å²) in [5, 5.41) is 0. The third-order valence-corrected chi connectivity index (χ3v) is 2.07. The van der Waals surface area contributed by atoms with E-state index in [4.69, 9.17) is 4.74 Å². The quantitative estimate of drug-likeness (QED) is 0.441. The molecule has 0 unspecified atom stereocenters. The van der Waals surface area contributed by atoms with Crippen LogP contribution in [0.15, 0.2) is 30.3 Å². The number of amides is 1. The van der Waals surface area contributed by atoms with Crippen LogP contribution in [0, 0.1) is 0 Å². The van der Waals surface area contributed by atoms with Gasteiger partial charge in [0.2, 0.25) is 0 Å². The van der Waals surface area contributed by atoms with Gasteiger partial charge in [-0.05, 0) is 17.1 Å². The highest BCUT2D eigenvalue weighted by molar-refractivity contribution is 5.60. The van der Waals surface area contributed by atoms with Gasteiger partial charge in [-0.1, -0.05) is 30.3 Å². The average Bonchev–Trinajstić information content (AvgIpc) is 2.31. The van der Waals surface area contributed by atoms with Gasteiger partial charge in [-0.2, -0.15) is 9.59 Å². The molecule has 0 fully saturated rings. The van der Waals surface area contributed by atoms with Crippen LogP contribution in [0.4, 0.5) is 4.79 Å². The minimum absolute atomic E-state index is 0.252. The fraction of sp³-hybridized carbons (Fsp3) is 0.333. The zero-order valence-corrected chi connectivity index (χ0v) is 9.18. The highest BCUT2D eigenvalue weighted by Gasteiger charge is 2.19. The van der Waals surface area contributed by atoms with Crippen molar-refractivity contribution in [2.24, 2.45) is 0 Å². The Balaban J connectivity index is 2.54. The van der Waals surface area contributed by atoms with E-state index >= 15 is 0 Å². The van der Waals surface area contributed by atoms with Crippen LogP contribution in [0.1, 0.15) is 12.5 Å². The first-order chi connectivity index (χ1) is 7.77. The van der Waals surface area contributed by atoms with Crippen LogP contribution in [-0.4, -0.2) is 29.9 Å². The largest absolute Gasteiger partial charge is 0.608 e. The SMILES string of the molecule is CCOC(=O)[N+](=C=O)CCc1ccccc1. The summed E-state index contributed by atoms with van der Waals surface area (Å²) < 4.78 is 5.62.